The lowest BCUT2D eigenvalue weighted by atomic mass is 10.2. The summed E-state index contributed by atoms with van der Waals surface area (Å²) in [5.74, 6) is 1.97. The maximum atomic E-state index is 5.75. The molecule has 18 heavy (non-hydrogen) atoms. The van der Waals surface area contributed by atoms with Crippen LogP contribution in [0, 0.1) is 6.92 Å². The SMILES string of the molecule is CNCc1ccc(CN(C)c2ccccc2C)o1. The highest BCUT2D eigenvalue weighted by Gasteiger charge is 2.07. The molecule has 0 amide bonds. The summed E-state index contributed by atoms with van der Waals surface area (Å²) in [6.07, 6.45) is 0. The van der Waals surface area contributed by atoms with E-state index in [0.29, 0.717) is 0 Å². The molecule has 0 aliphatic rings. The van der Waals surface area contributed by atoms with Crippen molar-refractivity contribution in [3.63, 3.8) is 0 Å². The van der Waals surface area contributed by atoms with E-state index in [1.165, 1.54) is 11.3 Å². The third kappa shape index (κ3) is 2.93. The molecular weight excluding hydrogens is 224 g/mol. The number of aryl methyl sites for hydroxylation is 1. The van der Waals surface area contributed by atoms with Crippen LogP contribution in [-0.4, -0.2) is 14.1 Å². The summed E-state index contributed by atoms with van der Waals surface area (Å²) < 4.78 is 5.75. The molecule has 96 valence electrons. The van der Waals surface area contributed by atoms with Crippen molar-refractivity contribution < 1.29 is 4.42 Å². The van der Waals surface area contributed by atoms with Crippen molar-refractivity contribution >= 4 is 5.69 Å². The van der Waals surface area contributed by atoms with Crippen LogP contribution in [-0.2, 0) is 13.1 Å². The molecule has 1 heterocycles. The summed E-state index contributed by atoms with van der Waals surface area (Å²) in [4.78, 5) is 2.21. The van der Waals surface area contributed by atoms with Crippen LogP contribution >= 0.6 is 0 Å². The minimum absolute atomic E-state index is 0.772. The van der Waals surface area contributed by atoms with Crippen LogP contribution in [0.2, 0.25) is 0 Å². The van der Waals surface area contributed by atoms with Crippen molar-refractivity contribution in [3.8, 4) is 0 Å². The lowest BCUT2D eigenvalue weighted by molar-refractivity contribution is 0.453. The molecule has 0 radical (unpaired) electrons. The van der Waals surface area contributed by atoms with Gasteiger partial charge >= 0.3 is 0 Å². The predicted molar refractivity (Wildman–Crippen MR) is 74.8 cm³/mol. The summed E-state index contributed by atoms with van der Waals surface area (Å²) in [7, 11) is 4.00. The van der Waals surface area contributed by atoms with Gasteiger partial charge < -0.3 is 14.6 Å². The van der Waals surface area contributed by atoms with Crippen molar-refractivity contribution in [1.29, 1.82) is 0 Å². The standard InChI is InChI=1S/C15H20N2O/c1-12-6-4-5-7-15(12)17(3)11-14-9-8-13(18-14)10-16-2/h4-9,16H,10-11H2,1-3H3. The molecule has 0 atom stereocenters. The van der Waals surface area contributed by atoms with E-state index in [2.05, 4.69) is 48.5 Å². The summed E-state index contributed by atoms with van der Waals surface area (Å²) in [6, 6.07) is 12.4. The zero-order valence-corrected chi connectivity index (χ0v) is 11.2. The Morgan fingerprint density at radius 1 is 1.11 bits per heavy atom. The van der Waals surface area contributed by atoms with Crippen LogP contribution in [0.3, 0.4) is 0 Å². The first kappa shape index (κ1) is 12.7. The maximum absolute atomic E-state index is 5.75. The van der Waals surface area contributed by atoms with Gasteiger partial charge in [0.05, 0.1) is 13.1 Å². The van der Waals surface area contributed by atoms with E-state index in [1.54, 1.807) is 0 Å². The van der Waals surface area contributed by atoms with Gasteiger partial charge in [-0.1, -0.05) is 18.2 Å². The fourth-order valence-corrected chi connectivity index (χ4v) is 2.09. The summed E-state index contributed by atoms with van der Waals surface area (Å²) in [5.41, 5.74) is 2.52. The van der Waals surface area contributed by atoms with Gasteiger partial charge in [0.2, 0.25) is 0 Å². The Morgan fingerprint density at radius 3 is 2.56 bits per heavy atom. The molecule has 1 N–H and O–H groups in total. The van der Waals surface area contributed by atoms with Crippen molar-refractivity contribution in [3.05, 3.63) is 53.5 Å². The van der Waals surface area contributed by atoms with Gasteiger partial charge in [0.1, 0.15) is 11.5 Å². The van der Waals surface area contributed by atoms with Gasteiger partial charge in [-0.25, -0.2) is 0 Å². The molecule has 3 nitrogen and oxygen atoms in total. The Kier molecular flexibility index (Phi) is 4.05. The Bertz CT molecular complexity index is 505. The predicted octanol–water partition coefficient (Wildman–Crippen LogP) is 2.94. The number of rotatable bonds is 5. The minimum atomic E-state index is 0.772. The molecule has 0 aliphatic heterocycles. The smallest absolute Gasteiger partial charge is 0.123 e. The highest BCUT2D eigenvalue weighted by atomic mass is 16.3. The van der Waals surface area contributed by atoms with Crippen molar-refractivity contribution in [2.45, 2.75) is 20.0 Å². The third-order valence-corrected chi connectivity index (χ3v) is 2.99. The molecule has 1 aromatic carbocycles. The second kappa shape index (κ2) is 5.74. The van der Waals surface area contributed by atoms with Crippen LogP contribution in [0.25, 0.3) is 0 Å². The number of benzene rings is 1. The van der Waals surface area contributed by atoms with Crippen molar-refractivity contribution in [1.82, 2.24) is 5.32 Å². The second-order valence-electron chi connectivity index (χ2n) is 4.54. The average Bonchev–Trinajstić information content (AvgIpc) is 2.77. The molecule has 0 saturated heterocycles. The van der Waals surface area contributed by atoms with Crippen LogP contribution < -0.4 is 10.2 Å². The zero-order chi connectivity index (χ0) is 13.0. The minimum Gasteiger partial charge on any atom is -0.463 e. The Morgan fingerprint density at radius 2 is 1.83 bits per heavy atom. The lowest BCUT2D eigenvalue weighted by Gasteiger charge is -2.20. The van der Waals surface area contributed by atoms with E-state index in [-0.39, 0.29) is 0 Å². The summed E-state index contributed by atoms with van der Waals surface area (Å²) in [5, 5.41) is 3.08. The molecular formula is C15H20N2O. The molecule has 0 spiro atoms. The number of hydrogen-bond donors (Lipinski definition) is 1. The molecule has 2 aromatic rings. The summed E-state index contributed by atoms with van der Waals surface area (Å²) in [6.45, 7) is 3.68. The monoisotopic (exact) mass is 244 g/mol. The van der Waals surface area contributed by atoms with Gasteiger partial charge in [0, 0.05) is 12.7 Å². The number of hydrogen-bond acceptors (Lipinski definition) is 3. The number of anilines is 1. The van der Waals surface area contributed by atoms with Crippen LogP contribution in [0.4, 0.5) is 5.69 Å². The van der Waals surface area contributed by atoms with E-state index in [9.17, 15) is 0 Å². The average molecular weight is 244 g/mol. The zero-order valence-electron chi connectivity index (χ0n) is 11.2. The Hall–Kier alpha value is -1.74. The highest BCUT2D eigenvalue weighted by Crippen LogP contribution is 2.20. The van der Waals surface area contributed by atoms with Gasteiger partial charge in [-0.3, -0.25) is 0 Å². The van der Waals surface area contributed by atoms with Gasteiger partial charge in [-0.05, 0) is 37.7 Å². The Balaban J connectivity index is 2.06. The molecule has 0 bridgehead atoms. The van der Waals surface area contributed by atoms with Gasteiger partial charge in [0.25, 0.3) is 0 Å². The number of para-hydroxylation sites is 1. The number of furan rings is 1. The number of nitrogens with one attached hydrogen (secondary N) is 1. The fraction of sp³-hybridized carbons (Fsp3) is 0.333. The quantitative estimate of drug-likeness (QED) is 0.876. The molecule has 0 fully saturated rings. The fourth-order valence-electron chi connectivity index (χ4n) is 2.09. The van der Waals surface area contributed by atoms with E-state index in [4.69, 9.17) is 4.42 Å². The molecule has 0 aliphatic carbocycles. The van der Waals surface area contributed by atoms with Crippen molar-refractivity contribution in [2.24, 2.45) is 0 Å². The van der Waals surface area contributed by atoms with Gasteiger partial charge in [-0.15, -0.1) is 0 Å². The maximum Gasteiger partial charge on any atom is 0.123 e. The lowest BCUT2D eigenvalue weighted by Crippen LogP contribution is -2.16. The summed E-state index contributed by atoms with van der Waals surface area (Å²) >= 11 is 0. The number of nitrogens with zero attached hydrogens (tertiary/aromatic N) is 1. The highest BCUT2D eigenvalue weighted by molar-refractivity contribution is 5.52. The van der Waals surface area contributed by atoms with E-state index in [1.807, 2.05) is 19.2 Å². The molecule has 1 aromatic heterocycles. The van der Waals surface area contributed by atoms with Crippen LogP contribution in [0.5, 0.6) is 0 Å². The van der Waals surface area contributed by atoms with Gasteiger partial charge in [0.15, 0.2) is 0 Å². The first-order valence-electron chi connectivity index (χ1n) is 6.19. The molecule has 0 saturated carbocycles. The Labute approximate surface area is 108 Å². The van der Waals surface area contributed by atoms with Gasteiger partial charge in [-0.2, -0.15) is 0 Å². The van der Waals surface area contributed by atoms with Crippen molar-refractivity contribution in [2.75, 3.05) is 19.0 Å². The second-order valence-corrected chi connectivity index (χ2v) is 4.54. The first-order valence-corrected chi connectivity index (χ1v) is 6.19. The van der Waals surface area contributed by atoms with E-state index >= 15 is 0 Å². The topological polar surface area (TPSA) is 28.4 Å². The van der Waals surface area contributed by atoms with E-state index < -0.39 is 0 Å². The largest absolute Gasteiger partial charge is 0.463 e. The van der Waals surface area contributed by atoms with Crippen LogP contribution in [0.15, 0.2) is 40.8 Å². The third-order valence-electron chi connectivity index (χ3n) is 2.99. The molecule has 0 unspecified atom stereocenters. The molecule has 3 heteroatoms. The van der Waals surface area contributed by atoms with E-state index in [0.717, 1.165) is 24.6 Å². The molecule has 2 rings (SSSR count). The first-order chi connectivity index (χ1) is 8.70. The normalized spacial score (nSPS) is 10.6. The van der Waals surface area contributed by atoms with Crippen LogP contribution in [0.1, 0.15) is 17.1 Å².